The molecule has 1 aromatic carbocycles. The smallest absolute Gasteiger partial charge is 0.414 e. The van der Waals surface area contributed by atoms with Crippen molar-refractivity contribution in [2.45, 2.75) is 6.10 Å². The molecular weight excluding hydrogens is 236 g/mol. The topological polar surface area (TPSA) is 74.0 Å². The Morgan fingerprint density at radius 2 is 2.06 bits per heavy atom. The largest absolute Gasteiger partial charge is 0.486 e. The van der Waals surface area contributed by atoms with Crippen molar-refractivity contribution in [3.63, 3.8) is 0 Å². The first kappa shape index (κ1) is 11.2. The predicted octanol–water partition coefficient (Wildman–Crippen LogP) is 0.742. The van der Waals surface area contributed by atoms with E-state index in [9.17, 15) is 4.79 Å². The molecular formula is C12H14N2O4. The zero-order chi connectivity index (χ0) is 12.5. The Kier molecular flexibility index (Phi) is 2.71. The summed E-state index contributed by atoms with van der Waals surface area (Å²) in [4.78, 5) is 13.2. The van der Waals surface area contributed by atoms with Gasteiger partial charge in [-0.05, 0) is 12.1 Å². The molecule has 6 heteroatoms. The predicted molar refractivity (Wildman–Crippen MR) is 64.1 cm³/mol. The number of ether oxygens (including phenoxy) is 3. The van der Waals surface area contributed by atoms with Crippen LogP contribution in [0, 0.1) is 0 Å². The molecule has 1 atom stereocenters. The summed E-state index contributed by atoms with van der Waals surface area (Å²) in [5.41, 5.74) is 6.23. The lowest BCUT2D eigenvalue weighted by molar-refractivity contribution is 0.145. The molecule has 0 bridgehead atoms. The molecule has 2 heterocycles. The molecule has 1 saturated heterocycles. The monoisotopic (exact) mass is 250 g/mol. The zero-order valence-electron chi connectivity index (χ0n) is 9.80. The van der Waals surface area contributed by atoms with Crippen LogP contribution in [-0.2, 0) is 4.74 Å². The van der Waals surface area contributed by atoms with Crippen molar-refractivity contribution < 1.29 is 19.0 Å². The fourth-order valence-corrected chi connectivity index (χ4v) is 2.06. The fourth-order valence-electron chi connectivity index (χ4n) is 2.06. The Balaban J connectivity index is 1.86. The SMILES string of the molecule is NC[C@@H]1CN(c2ccc3c(c2)OCCO3)C(=O)O1. The van der Waals surface area contributed by atoms with Crippen LogP contribution in [0.2, 0.25) is 0 Å². The first-order valence-corrected chi connectivity index (χ1v) is 5.86. The van der Waals surface area contributed by atoms with Gasteiger partial charge in [-0.2, -0.15) is 0 Å². The molecule has 6 nitrogen and oxygen atoms in total. The number of hydrogen-bond acceptors (Lipinski definition) is 5. The third kappa shape index (κ3) is 1.84. The summed E-state index contributed by atoms with van der Waals surface area (Å²) in [5.74, 6) is 1.36. The number of nitrogens with zero attached hydrogens (tertiary/aromatic N) is 1. The van der Waals surface area contributed by atoms with Crippen LogP contribution in [0.15, 0.2) is 18.2 Å². The fraction of sp³-hybridized carbons (Fsp3) is 0.417. The number of hydrogen-bond donors (Lipinski definition) is 1. The molecule has 1 amide bonds. The molecule has 2 aliphatic heterocycles. The minimum Gasteiger partial charge on any atom is -0.486 e. The standard InChI is InChI=1S/C12H14N2O4/c13-6-9-7-14(12(15)18-9)8-1-2-10-11(5-8)17-4-3-16-10/h1-2,5,9H,3-4,6-7,13H2/t9-/m1/s1. The van der Waals surface area contributed by atoms with Crippen LogP contribution in [0.5, 0.6) is 11.5 Å². The van der Waals surface area contributed by atoms with E-state index >= 15 is 0 Å². The summed E-state index contributed by atoms with van der Waals surface area (Å²) in [7, 11) is 0. The summed E-state index contributed by atoms with van der Waals surface area (Å²) >= 11 is 0. The van der Waals surface area contributed by atoms with E-state index in [-0.39, 0.29) is 12.2 Å². The Labute approximate surface area is 104 Å². The summed E-state index contributed by atoms with van der Waals surface area (Å²) < 4.78 is 16.0. The quantitative estimate of drug-likeness (QED) is 0.838. The number of carbonyl (C=O) groups is 1. The number of benzene rings is 1. The van der Waals surface area contributed by atoms with Gasteiger partial charge in [-0.25, -0.2) is 4.79 Å². The molecule has 96 valence electrons. The van der Waals surface area contributed by atoms with E-state index in [4.69, 9.17) is 19.9 Å². The van der Waals surface area contributed by atoms with E-state index in [1.807, 2.05) is 6.07 Å². The van der Waals surface area contributed by atoms with Crippen molar-refractivity contribution in [3.8, 4) is 11.5 Å². The number of carbonyl (C=O) groups excluding carboxylic acids is 1. The second kappa shape index (κ2) is 4.38. The lowest BCUT2D eigenvalue weighted by atomic mass is 10.2. The van der Waals surface area contributed by atoms with E-state index in [2.05, 4.69) is 0 Å². The summed E-state index contributed by atoms with van der Waals surface area (Å²) in [6, 6.07) is 5.40. The highest BCUT2D eigenvalue weighted by atomic mass is 16.6. The van der Waals surface area contributed by atoms with Crippen LogP contribution < -0.4 is 20.1 Å². The number of rotatable bonds is 2. The molecule has 0 spiro atoms. The van der Waals surface area contributed by atoms with Crippen LogP contribution in [0.4, 0.5) is 10.5 Å². The highest BCUT2D eigenvalue weighted by molar-refractivity contribution is 5.90. The van der Waals surface area contributed by atoms with Crippen LogP contribution >= 0.6 is 0 Å². The Bertz CT molecular complexity index is 477. The molecule has 0 aromatic heterocycles. The van der Waals surface area contributed by atoms with Gasteiger partial charge in [0.2, 0.25) is 0 Å². The molecule has 3 rings (SSSR count). The van der Waals surface area contributed by atoms with Crippen molar-refractivity contribution in [1.82, 2.24) is 0 Å². The Morgan fingerprint density at radius 1 is 1.28 bits per heavy atom. The number of fused-ring (bicyclic) bond motifs is 1. The number of amides is 1. The molecule has 2 N–H and O–H groups in total. The zero-order valence-corrected chi connectivity index (χ0v) is 9.80. The second-order valence-electron chi connectivity index (χ2n) is 4.18. The Morgan fingerprint density at radius 3 is 2.78 bits per heavy atom. The van der Waals surface area contributed by atoms with E-state index in [1.165, 1.54) is 0 Å². The molecule has 1 fully saturated rings. The van der Waals surface area contributed by atoms with Gasteiger partial charge >= 0.3 is 6.09 Å². The molecule has 2 aliphatic rings. The van der Waals surface area contributed by atoms with Gasteiger partial charge in [-0.15, -0.1) is 0 Å². The maximum absolute atomic E-state index is 11.7. The van der Waals surface area contributed by atoms with E-state index in [0.29, 0.717) is 37.8 Å². The summed E-state index contributed by atoms with van der Waals surface area (Å²) in [5, 5.41) is 0. The van der Waals surface area contributed by atoms with Gasteiger partial charge in [0, 0.05) is 12.6 Å². The maximum atomic E-state index is 11.7. The minimum absolute atomic E-state index is 0.245. The minimum atomic E-state index is -0.373. The highest BCUT2D eigenvalue weighted by Gasteiger charge is 2.32. The third-order valence-corrected chi connectivity index (χ3v) is 2.97. The second-order valence-corrected chi connectivity index (χ2v) is 4.18. The first-order chi connectivity index (χ1) is 8.78. The average Bonchev–Trinajstić information content (AvgIpc) is 2.79. The lowest BCUT2D eigenvalue weighted by Gasteiger charge is -2.20. The van der Waals surface area contributed by atoms with Crippen molar-refractivity contribution in [1.29, 1.82) is 0 Å². The average molecular weight is 250 g/mol. The van der Waals surface area contributed by atoms with E-state index in [1.54, 1.807) is 17.0 Å². The molecule has 0 radical (unpaired) electrons. The summed E-state index contributed by atoms with van der Waals surface area (Å²) in [6.45, 7) is 1.86. The van der Waals surface area contributed by atoms with Crippen molar-refractivity contribution in [3.05, 3.63) is 18.2 Å². The van der Waals surface area contributed by atoms with Gasteiger partial charge < -0.3 is 19.9 Å². The molecule has 1 aromatic rings. The van der Waals surface area contributed by atoms with Crippen molar-refractivity contribution in [2.75, 3.05) is 31.2 Å². The lowest BCUT2D eigenvalue weighted by Crippen LogP contribution is -2.27. The Hall–Kier alpha value is -1.95. The number of nitrogens with two attached hydrogens (primary N) is 1. The van der Waals surface area contributed by atoms with Gasteiger partial charge in [0.05, 0.1) is 12.2 Å². The molecule has 0 aliphatic carbocycles. The maximum Gasteiger partial charge on any atom is 0.414 e. The van der Waals surface area contributed by atoms with Crippen LogP contribution in [0.25, 0.3) is 0 Å². The van der Waals surface area contributed by atoms with Crippen LogP contribution in [0.3, 0.4) is 0 Å². The third-order valence-electron chi connectivity index (χ3n) is 2.97. The molecule has 0 saturated carbocycles. The normalized spacial score (nSPS) is 21.9. The number of anilines is 1. The van der Waals surface area contributed by atoms with Crippen molar-refractivity contribution in [2.24, 2.45) is 5.73 Å². The van der Waals surface area contributed by atoms with Gasteiger partial charge in [0.15, 0.2) is 11.5 Å². The van der Waals surface area contributed by atoms with Gasteiger partial charge in [0.25, 0.3) is 0 Å². The van der Waals surface area contributed by atoms with Crippen LogP contribution in [-0.4, -0.2) is 38.5 Å². The van der Waals surface area contributed by atoms with Crippen molar-refractivity contribution >= 4 is 11.8 Å². The van der Waals surface area contributed by atoms with Gasteiger partial charge in [0.1, 0.15) is 19.3 Å². The number of cyclic esters (lactones) is 1. The highest BCUT2D eigenvalue weighted by Crippen LogP contribution is 2.35. The summed E-state index contributed by atoms with van der Waals surface area (Å²) in [6.07, 6.45) is -0.618. The van der Waals surface area contributed by atoms with E-state index < -0.39 is 0 Å². The molecule has 0 unspecified atom stereocenters. The van der Waals surface area contributed by atoms with Crippen LogP contribution in [0.1, 0.15) is 0 Å². The molecule has 18 heavy (non-hydrogen) atoms. The first-order valence-electron chi connectivity index (χ1n) is 5.86. The van der Waals surface area contributed by atoms with Gasteiger partial charge in [-0.3, -0.25) is 4.90 Å². The van der Waals surface area contributed by atoms with Gasteiger partial charge in [-0.1, -0.05) is 0 Å². The van der Waals surface area contributed by atoms with E-state index in [0.717, 1.165) is 5.69 Å².